The van der Waals surface area contributed by atoms with E-state index in [1.54, 1.807) is 0 Å². The largest absolute Gasteiger partial charge is 0.418 e. The van der Waals surface area contributed by atoms with E-state index < -0.39 is 17.6 Å². The van der Waals surface area contributed by atoms with Crippen LogP contribution in [0.25, 0.3) is 5.69 Å². The van der Waals surface area contributed by atoms with Crippen LogP contribution in [-0.4, -0.2) is 41.2 Å². The van der Waals surface area contributed by atoms with Crippen LogP contribution in [0.15, 0.2) is 30.5 Å². The molecule has 0 radical (unpaired) electrons. The minimum atomic E-state index is -4.52. The number of hydrogen-bond donors (Lipinski definition) is 1. The highest BCUT2D eigenvalue weighted by Crippen LogP contribution is 2.33. The molecule has 2 rings (SSSR count). The Balaban J connectivity index is 2.24. The van der Waals surface area contributed by atoms with Gasteiger partial charge in [0.15, 0.2) is 5.69 Å². The maximum Gasteiger partial charge on any atom is 0.418 e. The summed E-state index contributed by atoms with van der Waals surface area (Å²) in [6.07, 6.45) is -3.38. The molecule has 1 heterocycles. The summed E-state index contributed by atoms with van der Waals surface area (Å²) in [5.74, 6) is -0.534. The molecule has 1 aromatic heterocycles. The minimum Gasteiger partial charge on any atom is -0.383 e. The van der Waals surface area contributed by atoms with Gasteiger partial charge in [-0.05, 0) is 12.1 Å². The van der Waals surface area contributed by atoms with Crippen LogP contribution in [0.4, 0.5) is 13.2 Å². The number of alkyl halides is 3. The number of carbonyl (C=O) groups excluding carboxylic acids is 1. The molecule has 1 amide bonds. The predicted molar refractivity (Wildman–Crippen MR) is 70.6 cm³/mol. The van der Waals surface area contributed by atoms with E-state index in [1.807, 2.05) is 0 Å². The molecule has 0 fully saturated rings. The number of nitrogens with one attached hydrogen (secondary N) is 1. The standard InChI is InChI=1S/C13H13F3N4O2/c1-22-7-6-17-12(21)10-8-20(19-18-10)11-5-3-2-4-9(11)13(14,15)16/h2-5,8H,6-7H2,1H3,(H,17,21). The van der Waals surface area contributed by atoms with Gasteiger partial charge in [0.05, 0.1) is 24.1 Å². The van der Waals surface area contributed by atoms with Crippen LogP contribution in [0.2, 0.25) is 0 Å². The van der Waals surface area contributed by atoms with Gasteiger partial charge in [-0.25, -0.2) is 4.68 Å². The topological polar surface area (TPSA) is 69.0 Å². The number of amides is 1. The zero-order valence-corrected chi connectivity index (χ0v) is 11.6. The number of aromatic nitrogens is 3. The Morgan fingerprint density at radius 3 is 2.77 bits per heavy atom. The SMILES string of the molecule is COCCNC(=O)c1cn(-c2ccccc2C(F)(F)F)nn1. The quantitative estimate of drug-likeness (QED) is 0.852. The Morgan fingerprint density at radius 1 is 1.36 bits per heavy atom. The van der Waals surface area contributed by atoms with Crippen molar-refractivity contribution in [2.24, 2.45) is 0 Å². The van der Waals surface area contributed by atoms with Crippen molar-refractivity contribution >= 4 is 5.91 Å². The second-order valence-corrected chi connectivity index (χ2v) is 4.31. The number of carbonyl (C=O) groups is 1. The third-order valence-electron chi connectivity index (χ3n) is 2.77. The molecule has 118 valence electrons. The van der Waals surface area contributed by atoms with Gasteiger partial charge in [0.2, 0.25) is 0 Å². The van der Waals surface area contributed by atoms with Crippen molar-refractivity contribution in [1.29, 1.82) is 0 Å². The Hall–Kier alpha value is -2.42. The van der Waals surface area contributed by atoms with E-state index in [2.05, 4.69) is 15.6 Å². The summed E-state index contributed by atoms with van der Waals surface area (Å²) in [6.45, 7) is 0.581. The lowest BCUT2D eigenvalue weighted by molar-refractivity contribution is -0.137. The van der Waals surface area contributed by atoms with E-state index in [0.29, 0.717) is 6.61 Å². The third-order valence-corrected chi connectivity index (χ3v) is 2.77. The van der Waals surface area contributed by atoms with Crippen LogP contribution in [0.1, 0.15) is 16.1 Å². The first-order valence-corrected chi connectivity index (χ1v) is 6.29. The Morgan fingerprint density at radius 2 is 2.09 bits per heavy atom. The van der Waals surface area contributed by atoms with E-state index in [-0.39, 0.29) is 17.9 Å². The maximum absolute atomic E-state index is 13.0. The smallest absolute Gasteiger partial charge is 0.383 e. The van der Waals surface area contributed by atoms with E-state index >= 15 is 0 Å². The van der Waals surface area contributed by atoms with E-state index in [0.717, 1.165) is 16.9 Å². The molecular weight excluding hydrogens is 301 g/mol. The highest BCUT2D eigenvalue weighted by Gasteiger charge is 2.34. The summed E-state index contributed by atoms with van der Waals surface area (Å²) in [7, 11) is 1.48. The van der Waals surface area contributed by atoms with E-state index in [9.17, 15) is 18.0 Å². The van der Waals surface area contributed by atoms with Crippen LogP contribution in [0.3, 0.4) is 0 Å². The van der Waals surface area contributed by atoms with E-state index in [1.165, 1.54) is 25.3 Å². The molecule has 2 aromatic rings. The molecular formula is C13H13F3N4O2. The molecule has 0 aliphatic rings. The molecule has 0 aliphatic carbocycles. The normalized spacial score (nSPS) is 11.5. The summed E-state index contributed by atoms with van der Waals surface area (Å²) in [5.41, 5.74) is -1.13. The average molecular weight is 314 g/mol. The number of hydrogen-bond acceptors (Lipinski definition) is 4. The molecule has 0 saturated heterocycles. The van der Waals surface area contributed by atoms with Gasteiger partial charge in [0.1, 0.15) is 0 Å². The van der Waals surface area contributed by atoms with Crippen LogP contribution >= 0.6 is 0 Å². The van der Waals surface area contributed by atoms with Crippen LogP contribution in [0.5, 0.6) is 0 Å². The lowest BCUT2D eigenvalue weighted by Gasteiger charge is -2.11. The molecule has 0 unspecified atom stereocenters. The van der Waals surface area contributed by atoms with Gasteiger partial charge >= 0.3 is 6.18 Å². The fourth-order valence-electron chi connectivity index (χ4n) is 1.76. The molecule has 1 aromatic carbocycles. The molecule has 0 spiro atoms. The fraction of sp³-hybridized carbons (Fsp3) is 0.308. The molecule has 9 heteroatoms. The molecule has 0 atom stereocenters. The molecule has 0 aliphatic heterocycles. The molecule has 22 heavy (non-hydrogen) atoms. The van der Waals surface area contributed by atoms with Crippen molar-refractivity contribution in [3.8, 4) is 5.69 Å². The van der Waals surface area contributed by atoms with Crippen molar-refractivity contribution in [3.05, 3.63) is 41.7 Å². The highest BCUT2D eigenvalue weighted by atomic mass is 19.4. The van der Waals surface area contributed by atoms with Crippen molar-refractivity contribution in [3.63, 3.8) is 0 Å². The van der Waals surface area contributed by atoms with E-state index in [4.69, 9.17) is 4.74 Å². The number of rotatable bonds is 5. The Kier molecular flexibility index (Phi) is 4.76. The second-order valence-electron chi connectivity index (χ2n) is 4.31. The number of ether oxygens (including phenoxy) is 1. The summed E-state index contributed by atoms with van der Waals surface area (Å²) >= 11 is 0. The van der Waals surface area contributed by atoms with Crippen molar-refractivity contribution < 1.29 is 22.7 Å². The third kappa shape index (κ3) is 3.61. The number of methoxy groups -OCH3 is 1. The summed E-state index contributed by atoms with van der Waals surface area (Å²) in [4.78, 5) is 11.7. The van der Waals surface area contributed by atoms with Crippen molar-refractivity contribution in [1.82, 2.24) is 20.3 Å². The number of nitrogens with zero attached hydrogens (tertiary/aromatic N) is 3. The van der Waals surface area contributed by atoms with Crippen LogP contribution in [-0.2, 0) is 10.9 Å². The summed E-state index contributed by atoms with van der Waals surface area (Å²) < 4.78 is 44.6. The molecule has 0 bridgehead atoms. The Bertz CT molecular complexity index is 655. The molecule has 0 saturated carbocycles. The van der Waals surface area contributed by atoms with Gasteiger partial charge in [-0.3, -0.25) is 4.79 Å². The van der Waals surface area contributed by atoms with Crippen LogP contribution in [0, 0.1) is 0 Å². The van der Waals surface area contributed by atoms with Gasteiger partial charge in [-0.1, -0.05) is 17.3 Å². The highest BCUT2D eigenvalue weighted by molar-refractivity contribution is 5.91. The van der Waals surface area contributed by atoms with Crippen LogP contribution < -0.4 is 5.32 Å². The predicted octanol–water partition coefficient (Wildman–Crippen LogP) is 1.66. The van der Waals surface area contributed by atoms with Gasteiger partial charge < -0.3 is 10.1 Å². The fourth-order valence-corrected chi connectivity index (χ4v) is 1.76. The lowest BCUT2D eigenvalue weighted by atomic mass is 10.1. The number of halogens is 3. The zero-order chi connectivity index (χ0) is 16.2. The van der Waals surface area contributed by atoms with Crippen molar-refractivity contribution in [2.45, 2.75) is 6.18 Å². The van der Waals surface area contributed by atoms with Gasteiger partial charge in [0.25, 0.3) is 5.91 Å². The van der Waals surface area contributed by atoms with Gasteiger partial charge in [-0.2, -0.15) is 13.2 Å². The minimum absolute atomic E-state index is 0.0759. The summed E-state index contributed by atoms with van der Waals surface area (Å²) in [5, 5.41) is 9.68. The summed E-state index contributed by atoms with van der Waals surface area (Å²) in [6, 6.07) is 4.92. The van der Waals surface area contributed by atoms with Crippen molar-refractivity contribution in [2.75, 3.05) is 20.3 Å². The Labute approximate surface area is 123 Å². The number of para-hydroxylation sites is 1. The maximum atomic E-state index is 13.0. The lowest BCUT2D eigenvalue weighted by Crippen LogP contribution is -2.27. The monoisotopic (exact) mass is 314 g/mol. The number of benzene rings is 1. The zero-order valence-electron chi connectivity index (χ0n) is 11.6. The first kappa shape index (κ1) is 16.0. The first-order chi connectivity index (χ1) is 10.4. The molecule has 6 nitrogen and oxygen atoms in total. The van der Waals surface area contributed by atoms with Gasteiger partial charge in [-0.15, -0.1) is 5.10 Å². The van der Waals surface area contributed by atoms with Gasteiger partial charge in [0, 0.05) is 13.7 Å². The molecule has 1 N–H and O–H groups in total. The second kappa shape index (κ2) is 6.56. The average Bonchev–Trinajstić information content (AvgIpc) is 2.96. The first-order valence-electron chi connectivity index (χ1n) is 6.29.